The molecule has 0 fully saturated rings. The first-order valence-corrected chi connectivity index (χ1v) is 11.4. The molecule has 0 aliphatic carbocycles. The summed E-state index contributed by atoms with van der Waals surface area (Å²) >= 11 is 5.24. The van der Waals surface area contributed by atoms with E-state index in [0.29, 0.717) is 5.75 Å². The molecule has 0 spiro atoms. The summed E-state index contributed by atoms with van der Waals surface area (Å²) in [6, 6.07) is 14.2. The van der Waals surface area contributed by atoms with Crippen molar-refractivity contribution in [2.45, 2.75) is 32.6 Å². The molecule has 0 aliphatic rings. The predicted molar refractivity (Wildman–Crippen MR) is 130 cm³/mol. The van der Waals surface area contributed by atoms with Gasteiger partial charge in [-0.25, -0.2) is 4.79 Å². The zero-order valence-corrected chi connectivity index (χ0v) is 20.1. The summed E-state index contributed by atoms with van der Waals surface area (Å²) < 4.78 is 6.37. The van der Waals surface area contributed by atoms with E-state index in [2.05, 4.69) is 79.2 Å². The molecular formula is C25H27BrO3S. The van der Waals surface area contributed by atoms with Crippen LogP contribution in [0.5, 0.6) is 5.75 Å². The van der Waals surface area contributed by atoms with Gasteiger partial charge in [-0.05, 0) is 80.3 Å². The van der Waals surface area contributed by atoms with Crippen molar-refractivity contribution in [3.05, 3.63) is 87.4 Å². The van der Waals surface area contributed by atoms with Crippen LogP contribution in [-0.4, -0.2) is 23.4 Å². The van der Waals surface area contributed by atoms with E-state index in [9.17, 15) is 4.79 Å². The van der Waals surface area contributed by atoms with Crippen LogP contribution in [0.2, 0.25) is 0 Å². The number of thioether (sulfide) groups is 1. The molecule has 5 heteroatoms. The van der Waals surface area contributed by atoms with Crippen molar-refractivity contribution < 1.29 is 14.6 Å². The Morgan fingerprint density at radius 3 is 2.40 bits per heavy atom. The number of carboxylic acids is 1. The number of aliphatic carboxylic acids is 1. The quantitative estimate of drug-likeness (QED) is 0.298. The number of aryl methyl sites for hydroxylation is 1. The first-order chi connectivity index (χ1) is 14.3. The number of carboxylic acid groups (broad SMARTS) is 1. The lowest BCUT2D eigenvalue weighted by Crippen LogP contribution is -2.09. The van der Waals surface area contributed by atoms with Crippen LogP contribution in [0.15, 0.2) is 81.2 Å². The highest BCUT2D eigenvalue weighted by molar-refractivity contribution is 9.10. The fourth-order valence-electron chi connectivity index (χ4n) is 2.75. The number of benzene rings is 2. The van der Waals surface area contributed by atoms with Crippen LogP contribution in [-0.2, 0) is 4.79 Å². The topological polar surface area (TPSA) is 46.5 Å². The lowest BCUT2D eigenvalue weighted by Gasteiger charge is -2.11. The second kappa shape index (κ2) is 11.8. The number of allylic oxidation sites excluding steroid dienone is 5. The van der Waals surface area contributed by atoms with Crippen LogP contribution in [0.3, 0.4) is 0 Å². The van der Waals surface area contributed by atoms with E-state index in [-0.39, 0.29) is 6.61 Å². The number of rotatable bonds is 9. The summed E-state index contributed by atoms with van der Waals surface area (Å²) in [5, 5.41) is 8.76. The van der Waals surface area contributed by atoms with E-state index in [1.165, 1.54) is 22.3 Å². The Bertz CT molecular complexity index is 968. The molecule has 0 unspecified atom stereocenters. The summed E-state index contributed by atoms with van der Waals surface area (Å²) in [5.41, 5.74) is 5.80. The van der Waals surface area contributed by atoms with Crippen molar-refractivity contribution in [3.63, 3.8) is 0 Å². The fraction of sp³-hybridized carbons (Fsp3) is 0.240. The van der Waals surface area contributed by atoms with E-state index in [4.69, 9.17) is 9.84 Å². The zero-order valence-electron chi connectivity index (χ0n) is 17.7. The van der Waals surface area contributed by atoms with Crippen molar-refractivity contribution in [2.75, 3.05) is 12.4 Å². The van der Waals surface area contributed by atoms with Crippen LogP contribution in [0.4, 0.5) is 0 Å². The van der Waals surface area contributed by atoms with E-state index in [1.807, 2.05) is 25.1 Å². The van der Waals surface area contributed by atoms with Gasteiger partial charge in [0, 0.05) is 15.1 Å². The average Bonchev–Trinajstić information content (AvgIpc) is 2.69. The Labute approximate surface area is 191 Å². The monoisotopic (exact) mass is 486 g/mol. The first-order valence-electron chi connectivity index (χ1n) is 9.62. The Morgan fingerprint density at radius 2 is 1.80 bits per heavy atom. The van der Waals surface area contributed by atoms with Crippen LogP contribution in [0, 0.1) is 6.92 Å². The lowest BCUT2D eigenvalue weighted by atomic mass is 9.98. The number of halogens is 1. The average molecular weight is 487 g/mol. The fourth-order valence-corrected chi connectivity index (χ4v) is 3.88. The van der Waals surface area contributed by atoms with Gasteiger partial charge in [0.15, 0.2) is 6.61 Å². The molecule has 0 radical (unpaired) electrons. The van der Waals surface area contributed by atoms with Gasteiger partial charge in [-0.3, -0.25) is 0 Å². The van der Waals surface area contributed by atoms with E-state index in [1.54, 1.807) is 11.8 Å². The maximum atomic E-state index is 10.7. The van der Waals surface area contributed by atoms with Crippen molar-refractivity contribution >= 4 is 39.2 Å². The van der Waals surface area contributed by atoms with Gasteiger partial charge in [-0.15, -0.1) is 11.8 Å². The Kier molecular flexibility index (Phi) is 9.47. The second-order valence-electron chi connectivity index (χ2n) is 7.14. The first kappa shape index (κ1) is 24.0. The van der Waals surface area contributed by atoms with Gasteiger partial charge in [0.05, 0.1) is 0 Å². The Morgan fingerprint density at radius 1 is 1.10 bits per heavy atom. The molecule has 2 rings (SSSR count). The van der Waals surface area contributed by atoms with E-state index in [0.717, 1.165) is 20.7 Å². The highest BCUT2D eigenvalue weighted by atomic mass is 79.9. The molecule has 2 aromatic carbocycles. The van der Waals surface area contributed by atoms with Crippen LogP contribution < -0.4 is 4.74 Å². The van der Waals surface area contributed by atoms with Crippen LogP contribution in [0.25, 0.3) is 5.57 Å². The lowest BCUT2D eigenvalue weighted by molar-refractivity contribution is -0.139. The molecule has 0 aromatic heterocycles. The minimum Gasteiger partial charge on any atom is -0.482 e. The molecule has 0 aliphatic heterocycles. The van der Waals surface area contributed by atoms with Gasteiger partial charge in [0.25, 0.3) is 0 Å². The molecule has 0 atom stereocenters. The summed E-state index contributed by atoms with van der Waals surface area (Å²) in [6.45, 7) is 7.92. The minimum absolute atomic E-state index is 0.329. The van der Waals surface area contributed by atoms with Crippen LogP contribution in [0.1, 0.15) is 31.9 Å². The SMILES string of the molecule is CC(C)=C/C=C(C)/C(=C/CSc1ccc(OCC(=O)O)c(C)c1)c1ccc(Br)cc1. The molecule has 0 heterocycles. The Hall–Kier alpha value is -2.24. The molecule has 0 bridgehead atoms. The molecule has 158 valence electrons. The normalized spacial score (nSPS) is 11.9. The predicted octanol–water partition coefficient (Wildman–Crippen LogP) is 7.31. The third-order valence-electron chi connectivity index (χ3n) is 4.28. The summed E-state index contributed by atoms with van der Waals surface area (Å²) in [5.74, 6) is 0.448. The summed E-state index contributed by atoms with van der Waals surface area (Å²) in [4.78, 5) is 11.8. The molecule has 3 nitrogen and oxygen atoms in total. The highest BCUT2D eigenvalue weighted by Gasteiger charge is 2.06. The maximum Gasteiger partial charge on any atom is 0.341 e. The molecule has 2 aromatic rings. The van der Waals surface area contributed by atoms with Gasteiger partial charge in [0.2, 0.25) is 0 Å². The van der Waals surface area contributed by atoms with Gasteiger partial charge in [-0.1, -0.05) is 51.9 Å². The maximum absolute atomic E-state index is 10.7. The number of ether oxygens (including phenoxy) is 1. The van der Waals surface area contributed by atoms with Crippen molar-refractivity contribution in [1.82, 2.24) is 0 Å². The van der Waals surface area contributed by atoms with Crippen LogP contribution >= 0.6 is 27.7 Å². The van der Waals surface area contributed by atoms with Gasteiger partial charge in [-0.2, -0.15) is 0 Å². The third kappa shape index (κ3) is 7.88. The van der Waals surface area contributed by atoms with E-state index >= 15 is 0 Å². The van der Waals surface area contributed by atoms with Crippen molar-refractivity contribution in [2.24, 2.45) is 0 Å². The van der Waals surface area contributed by atoms with Gasteiger partial charge >= 0.3 is 5.97 Å². The molecule has 0 saturated carbocycles. The molecular weight excluding hydrogens is 460 g/mol. The molecule has 0 amide bonds. The zero-order chi connectivity index (χ0) is 22.1. The Balaban J connectivity index is 2.18. The number of hydrogen-bond donors (Lipinski definition) is 1. The minimum atomic E-state index is -0.977. The van der Waals surface area contributed by atoms with E-state index < -0.39 is 5.97 Å². The molecule has 1 N–H and O–H groups in total. The van der Waals surface area contributed by atoms with Crippen molar-refractivity contribution in [3.8, 4) is 5.75 Å². The smallest absolute Gasteiger partial charge is 0.341 e. The number of carbonyl (C=O) groups is 1. The highest BCUT2D eigenvalue weighted by Crippen LogP contribution is 2.29. The van der Waals surface area contributed by atoms with Gasteiger partial charge < -0.3 is 9.84 Å². The standard InChI is InChI=1S/C25H27BrO3S/c1-17(2)5-6-18(3)23(20-7-9-21(26)10-8-20)13-14-30-22-11-12-24(19(4)15-22)29-16-25(27)28/h5-13,15H,14,16H2,1-4H3,(H,27,28)/b18-6+,23-13-. The second-order valence-corrected chi connectivity index (χ2v) is 9.15. The van der Waals surface area contributed by atoms with Gasteiger partial charge in [0.1, 0.15) is 5.75 Å². The van der Waals surface area contributed by atoms with Crippen molar-refractivity contribution in [1.29, 1.82) is 0 Å². The number of hydrogen-bond acceptors (Lipinski definition) is 3. The summed E-state index contributed by atoms with van der Waals surface area (Å²) in [7, 11) is 0. The summed E-state index contributed by atoms with van der Waals surface area (Å²) in [6.07, 6.45) is 6.55. The largest absolute Gasteiger partial charge is 0.482 e. The molecule has 0 saturated heterocycles. The third-order valence-corrected chi connectivity index (χ3v) is 5.73. The molecule has 30 heavy (non-hydrogen) atoms.